The molecule has 116 valence electrons. The monoisotopic (exact) mass is 317 g/mol. The van der Waals surface area contributed by atoms with E-state index in [1.165, 1.54) is 17.8 Å². The second-order valence-corrected chi connectivity index (χ2v) is 6.28. The number of aryl methyl sites for hydroxylation is 2. The summed E-state index contributed by atoms with van der Waals surface area (Å²) in [5.41, 5.74) is 4.78. The third kappa shape index (κ3) is 3.44. The van der Waals surface area contributed by atoms with E-state index in [-0.39, 0.29) is 17.0 Å². The normalized spacial score (nSPS) is 14.2. The zero-order chi connectivity index (χ0) is 15.4. The van der Waals surface area contributed by atoms with Crippen LogP contribution in [-0.4, -0.2) is 22.4 Å². The largest absolute Gasteiger partial charge is 0.351 e. The van der Waals surface area contributed by atoms with Gasteiger partial charge in [-0.15, -0.1) is 11.3 Å². The Kier molecular flexibility index (Phi) is 4.68. The molecule has 1 aliphatic carbocycles. The van der Waals surface area contributed by atoms with Crippen molar-refractivity contribution in [3.63, 3.8) is 0 Å². The molecule has 1 aliphatic rings. The Morgan fingerprint density at radius 1 is 1.32 bits per heavy atom. The molecule has 1 amide bonds. The van der Waals surface area contributed by atoms with Gasteiger partial charge < -0.3 is 10.3 Å². The number of rotatable bonds is 4. The summed E-state index contributed by atoms with van der Waals surface area (Å²) in [4.78, 5) is 31.4. The highest BCUT2D eigenvalue weighted by atomic mass is 32.1. The van der Waals surface area contributed by atoms with Crippen molar-refractivity contribution in [3.05, 3.63) is 49.8 Å². The van der Waals surface area contributed by atoms with E-state index in [0.717, 1.165) is 42.6 Å². The number of aromatic nitrogens is 2. The summed E-state index contributed by atoms with van der Waals surface area (Å²) in [5, 5.41) is 4.77. The number of H-pyrrole nitrogens is 1. The highest BCUT2D eigenvalue weighted by molar-refractivity contribution is 7.07. The molecular formula is C16H19N3O2S. The number of nitrogens with zero attached hydrogens (tertiary/aromatic N) is 1. The molecule has 0 unspecified atom stereocenters. The molecule has 0 radical (unpaired) electrons. The Balaban J connectivity index is 1.69. The number of thiazole rings is 1. The Morgan fingerprint density at radius 3 is 3.00 bits per heavy atom. The van der Waals surface area contributed by atoms with Crippen LogP contribution in [0.1, 0.15) is 46.6 Å². The molecule has 0 aromatic carbocycles. The Morgan fingerprint density at radius 2 is 2.18 bits per heavy atom. The molecule has 2 heterocycles. The summed E-state index contributed by atoms with van der Waals surface area (Å²) in [5.74, 6) is -0.302. The third-order valence-electron chi connectivity index (χ3n) is 3.98. The molecule has 0 saturated heterocycles. The van der Waals surface area contributed by atoms with Crippen molar-refractivity contribution in [2.75, 3.05) is 6.54 Å². The lowest BCUT2D eigenvalue weighted by molar-refractivity contribution is 0.0952. The molecule has 5 nitrogen and oxygen atoms in total. The molecule has 3 rings (SSSR count). The van der Waals surface area contributed by atoms with Crippen molar-refractivity contribution in [3.8, 4) is 0 Å². The number of aromatic amines is 1. The quantitative estimate of drug-likeness (QED) is 0.848. The predicted molar refractivity (Wildman–Crippen MR) is 86.5 cm³/mol. The maximum absolute atomic E-state index is 12.2. The minimum Gasteiger partial charge on any atom is -0.351 e. The Hall–Kier alpha value is -1.95. The molecule has 0 atom stereocenters. The molecule has 2 aromatic heterocycles. The van der Waals surface area contributed by atoms with Crippen molar-refractivity contribution < 1.29 is 4.79 Å². The van der Waals surface area contributed by atoms with Crippen molar-refractivity contribution in [2.45, 2.75) is 38.5 Å². The van der Waals surface area contributed by atoms with Crippen LogP contribution in [0, 0.1) is 0 Å². The SMILES string of the molecule is O=C(NCCc1cscn1)c1cc2c([nH]c1=O)CCCCC2. The zero-order valence-corrected chi connectivity index (χ0v) is 13.2. The lowest BCUT2D eigenvalue weighted by atomic mass is 10.1. The second-order valence-electron chi connectivity index (χ2n) is 5.56. The van der Waals surface area contributed by atoms with Crippen LogP contribution in [-0.2, 0) is 19.3 Å². The summed E-state index contributed by atoms with van der Waals surface area (Å²) >= 11 is 1.54. The van der Waals surface area contributed by atoms with E-state index in [1.807, 2.05) is 5.38 Å². The van der Waals surface area contributed by atoms with E-state index in [1.54, 1.807) is 11.6 Å². The second kappa shape index (κ2) is 6.87. The fourth-order valence-electron chi connectivity index (χ4n) is 2.78. The summed E-state index contributed by atoms with van der Waals surface area (Å²) in [6.07, 6.45) is 5.90. The molecule has 22 heavy (non-hydrogen) atoms. The van der Waals surface area contributed by atoms with Gasteiger partial charge in [0.1, 0.15) is 5.56 Å². The third-order valence-corrected chi connectivity index (χ3v) is 4.62. The first-order valence-corrected chi connectivity index (χ1v) is 8.58. The van der Waals surface area contributed by atoms with Crippen LogP contribution in [0.3, 0.4) is 0 Å². The smallest absolute Gasteiger partial charge is 0.261 e. The highest BCUT2D eigenvalue weighted by Gasteiger charge is 2.16. The average Bonchev–Trinajstić information content (AvgIpc) is 2.91. The molecular weight excluding hydrogens is 298 g/mol. The van der Waals surface area contributed by atoms with Gasteiger partial charge in [-0.1, -0.05) is 6.42 Å². The molecule has 6 heteroatoms. The summed E-state index contributed by atoms with van der Waals surface area (Å²) in [6, 6.07) is 1.78. The van der Waals surface area contributed by atoms with Crippen molar-refractivity contribution in [1.82, 2.24) is 15.3 Å². The molecule has 0 fully saturated rings. The van der Waals surface area contributed by atoms with Gasteiger partial charge in [0, 0.05) is 24.0 Å². The number of hydrogen-bond donors (Lipinski definition) is 2. The van der Waals surface area contributed by atoms with E-state index in [0.29, 0.717) is 13.0 Å². The minimum atomic E-state index is -0.302. The first kappa shape index (κ1) is 15.0. The fraction of sp³-hybridized carbons (Fsp3) is 0.438. The number of fused-ring (bicyclic) bond motifs is 1. The van der Waals surface area contributed by atoms with Gasteiger partial charge >= 0.3 is 0 Å². The number of nitrogens with one attached hydrogen (secondary N) is 2. The van der Waals surface area contributed by atoms with Gasteiger partial charge in [0.05, 0.1) is 11.2 Å². The first-order valence-electron chi connectivity index (χ1n) is 7.64. The number of amides is 1. The molecule has 0 bridgehead atoms. The molecule has 0 spiro atoms. The summed E-state index contributed by atoms with van der Waals surface area (Å²) in [7, 11) is 0. The van der Waals surface area contributed by atoms with Crippen LogP contribution in [0.25, 0.3) is 0 Å². The average molecular weight is 317 g/mol. The number of carbonyl (C=O) groups excluding carboxylic acids is 1. The maximum atomic E-state index is 12.2. The standard InChI is InChI=1S/C16H19N3O2S/c20-15(17-7-6-12-9-22-10-18-12)13-8-11-4-2-1-3-5-14(11)19-16(13)21/h8-10H,1-7H2,(H,17,20)(H,19,21). The summed E-state index contributed by atoms with van der Waals surface area (Å²) < 4.78 is 0. The van der Waals surface area contributed by atoms with Crippen molar-refractivity contribution in [2.24, 2.45) is 0 Å². The topological polar surface area (TPSA) is 74.8 Å². The van der Waals surface area contributed by atoms with Crippen LogP contribution in [0.2, 0.25) is 0 Å². The van der Waals surface area contributed by atoms with Gasteiger partial charge in [-0.2, -0.15) is 0 Å². The van der Waals surface area contributed by atoms with Gasteiger partial charge in [-0.05, 0) is 37.3 Å². The van der Waals surface area contributed by atoms with Gasteiger partial charge in [-0.25, -0.2) is 4.98 Å². The highest BCUT2D eigenvalue weighted by Crippen LogP contribution is 2.18. The summed E-state index contributed by atoms with van der Waals surface area (Å²) in [6.45, 7) is 0.485. The van der Waals surface area contributed by atoms with E-state index in [2.05, 4.69) is 15.3 Å². The van der Waals surface area contributed by atoms with Crippen LogP contribution in [0.15, 0.2) is 21.8 Å². The minimum absolute atomic E-state index is 0.221. The Bertz CT molecular complexity index is 707. The van der Waals surface area contributed by atoms with Crippen LogP contribution >= 0.6 is 11.3 Å². The zero-order valence-electron chi connectivity index (χ0n) is 12.4. The number of hydrogen-bond acceptors (Lipinski definition) is 4. The molecule has 2 aromatic rings. The van der Waals surface area contributed by atoms with E-state index in [9.17, 15) is 9.59 Å². The molecule has 2 N–H and O–H groups in total. The van der Waals surface area contributed by atoms with E-state index in [4.69, 9.17) is 0 Å². The van der Waals surface area contributed by atoms with Crippen LogP contribution in [0.4, 0.5) is 0 Å². The Labute approximate surface area is 132 Å². The van der Waals surface area contributed by atoms with Crippen molar-refractivity contribution in [1.29, 1.82) is 0 Å². The van der Waals surface area contributed by atoms with Gasteiger partial charge in [0.15, 0.2) is 0 Å². The number of carbonyl (C=O) groups is 1. The fourth-order valence-corrected chi connectivity index (χ4v) is 3.37. The van der Waals surface area contributed by atoms with E-state index >= 15 is 0 Å². The van der Waals surface area contributed by atoms with Crippen molar-refractivity contribution >= 4 is 17.2 Å². The van der Waals surface area contributed by atoms with Crippen LogP contribution < -0.4 is 10.9 Å². The first-order chi connectivity index (χ1) is 10.7. The van der Waals surface area contributed by atoms with Gasteiger partial charge in [0.25, 0.3) is 11.5 Å². The maximum Gasteiger partial charge on any atom is 0.261 e. The molecule has 0 saturated carbocycles. The van der Waals surface area contributed by atoms with E-state index < -0.39 is 0 Å². The predicted octanol–water partition coefficient (Wildman–Crippen LogP) is 2.07. The lowest BCUT2D eigenvalue weighted by Crippen LogP contribution is -2.31. The molecule has 0 aliphatic heterocycles. The van der Waals surface area contributed by atoms with Crippen LogP contribution in [0.5, 0.6) is 0 Å². The van der Waals surface area contributed by atoms with Gasteiger partial charge in [-0.3, -0.25) is 9.59 Å². The lowest BCUT2D eigenvalue weighted by Gasteiger charge is -2.09. The number of pyridine rings is 1. The van der Waals surface area contributed by atoms with Gasteiger partial charge in [0.2, 0.25) is 0 Å².